The molecule has 15 heavy (non-hydrogen) atoms. The summed E-state index contributed by atoms with van der Waals surface area (Å²) in [5.74, 6) is 0. The number of nitrogen functional groups attached to an aromatic ring is 1. The summed E-state index contributed by atoms with van der Waals surface area (Å²) >= 11 is 0. The first-order valence-electron chi connectivity index (χ1n) is 5.23. The molecule has 0 atom stereocenters. The van der Waals surface area contributed by atoms with Crippen molar-refractivity contribution in [3.8, 4) is 0 Å². The second-order valence-corrected chi connectivity index (χ2v) is 4.08. The summed E-state index contributed by atoms with van der Waals surface area (Å²) < 4.78 is 2.24. The number of anilines is 1. The Morgan fingerprint density at radius 3 is 2.67 bits per heavy atom. The molecule has 0 spiro atoms. The first kappa shape index (κ1) is 10.1. The lowest BCUT2D eigenvalue weighted by atomic mass is 10.2. The molecule has 3 heteroatoms. The Morgan fingerprint density at radius 2 is 2.07 bits per heavy atom. The van der Waals surface area contributed by atoms with E-state index < -0.39 is 0 Å². The zero-order chi connectivity index (χ0) is 11.0. The van der Waals surface area contributed by atoms with Gasteiger partial charge in [0.05, 0.1) is 5.52 Å². The molecule has 1 aromatic heterocycles. The minimum atomic E-state index is 0.405. The molecule has 4 N–H and O–H groups in total. The van der Waals surface area contributed by atoms with Gasteiger partial charge in [0, 0.05) is 29.4 Å². The minimum Gasteiger partial charge on any atom is -0.398 e. The van der Waals surface area contributed by atoms with Gasteiger partial charge in [0.2, 0.25) is 0 Å². The van der Waals surface area contributed by atoms with Crippen molar-refractivity contribution in [3.63, 3.8) is 0 Å². The van der Waals surface area contributed by atoms with E-state index in [-0.39, 0.29) is 0 Å². The third-order valence-corrected chi connectivity index (χ3v) is 2.72. The molecule has 1 heterocycles. The van der Waals surface area contributed by atoms with Gasteiger partial charge in [-0.15, -0.1) is 0 Å². The van der Waals surface area contributed by atoms with Gasteiger partial charge in [0.1, 0.15) is 0 Å². The highest BCUT2D eigenvalue weighted by Gasteiger charge is 2.11. The lowest BCUT2D eigenvalue weighted by Crippen LogP contribution is -2.08. The second-order valence-electron chi connectivity index (χ2n) is 4.08. The molecule has 0 aliphatic rings. The molecule has 0 amide bonds. The summed E-state index contributed by atoms with van der Waals surface area (Å²) in [6.45, 7) is 4.86. The fraction of sp³-hybridized carbons (Fsp3) is 0.333. The molecule has 0 aliphatic carbocycles. The fourth-order valence-electron chi connectivity index (χ4n) is 2.10. The largest absolute Gasteiger partial charge is 0.398 e. The average Bonchev–Trinajstić information content (AvgIpc) is 2.57. The second kappa shape index (κ2) is 3.59. The van der Waals surface area contributed by atoms with Crippen LogP contribution in [0.5, 0.6) is 0 Å². The van der Waals surface area contributed by atoms with Crippen molar-refractivity contribution in [2.24, 2.45) is 5.73 Å². The van der Waals surface area contributed by atoms with E-state index in [1.807, 2.05) is 12.1 Å². The molecule has 2 rings (SSSR count). The predicted octanol–water partition coefficient (Wildman–Crippen LogP) is 2.26. The minimum absolute atomic E-state index is 0.405. The highest BCUT2D eigenvalue weighted by molar-refractivity contribution is 5.92. The van der Waals surface area contributed by atoms with Crippen LogP contribution in [0.25, 0.3) is 10.9 Å². The SMILES string of the molecule is CC(C)n1c(CN)cc2c(N)cccc21. The van der Waals surface area contributed by atoms with Crippen LogP contribution in [0.4, 0.5) is 5.69 Å². The zero-order valence-corrected chi connectivity index (χ0v) is 9.20. The van der Waals surface area contributed by atoms with E-state index in [4.69, 9.17) is 11.5 Å². The monoisotopic (exact) mass is 203 g/mol. The molecule has 0 unspecified atom stereocenters. The van der Waals surface area contributed by atoms with Gasteiger partial charge in [-0.25, -0.2) is 0 Å². The highest BCUT2D eigenvalue weighted by atomic mass is 15.0. The molecular formula is C12H17N3. The van der Waals surface area contributed by atoms with Gasteiger partial charge in [-0.3, -0.25) is 0 Å². The predicted molar refractivity (Wildman–Crippen MR) is 64.6 cm³/mol. The summed E-state index contributed by atoms with van der Waals surface area (Å²) in [6, 6.07) is 8.49. The summed E-state index contributed by atoms with van der Waals surface area (Å²) in [5.41, 5.74) is 14.8. The van der Waals surface area contributed by atoms with Gasteiger partial charge in [0.25, 0.3) is 0 Å². The van der Waals surface area contributed by atoms with E-state index >= 15 is 0 Å². The van der Waals surface area contributed by atoms with E-state index in [1.54, 1.807) is 0 Å². The topological polar surface area (TPSA) is 57.0 Å². The lowest BCUT2D eigenvalue weighted by Gasteiger charge is -2.13. The van der Waals surface area contributed by atoms with Crippen LogP contribution in [0, 0.1) is 0 Å². The molecule has 0 bridgehead atoms. The van der Waals surface area contributed by atoms with E-state index in [2.05, 4.69) is 30.5 Å². The van der Waals surface area contributed by atoms with Gasteiger partial charge in [0.15, 0.2) is 0 Å². The molecular weight excluding hydrogens is 186 g/mol. The molecule has 80 valence electrons. The van der Waals surface area contributed by atoms with E-state index in [9.17, 15) is 0 Å². The Bertz CT molecular complexity index is 483. The van der Waals surface area contributed by atoms with E-state index in [1.165, 1.54) is 5.52 Å². The third-order valence-electron chi connectivity index (χ3n) is 2.72. The quantitative estimate of drug-likeness (QED) is 0.735. The molecule has 3 nitrogen and oxygen atoms in total. The maximum Gasteiger partial charge on any atom is 0.0506 e. The molecule has 0 aliphatic heterocycles. The third kappa shape index (κ3) is 1.49. The molecule has 2 aromatic rings. The normalized spacial score (nSPS) is 11.5. The molecule has 1 aromatic carbocycles. The number of rotatable bonds is 2. The Labute approximate surface area is 89.7 Å². The molecule has 0 fully saturated rings. The van der Waals surface area contributed by atoms with E-state index in [0.717, 1.165) is 16.8 Å². The smallest absolute Gasteiger partial charge is 0.0506 e. The van der Waals surface area contributed by atoms with Crippen molar-refractivity contribution in [2.45, 2.75) is 26.4 Å². The Kier molecular flexibility index (Phi) is 2.40. The maximum atomic E-state index is 5.94. The van der Waals surface area contributed by atoms with Crippen molar-refractivity contribution >= 4 is 16.6 Å². The summed E-state index contributed by atoms with van der Waals surface area (Å²) in [4.78, 5) is 0. The fourth-order valence-corrected chi connectivity index (χ4v) is 2.10. The number of aromatic nitrogens is 1. The van der Waals surface area contributed by atoms with Crippen LogP contribution in [0.3, 0.4) is 0 Å². The van der Waals surface area contributed by atoms with Crippen LogP contribution in [0.2, 0.25) is 0 Å². The van der Waals surface area contributed by atoms with Crippen molar-refractivity contribution < 1.29 is 0 Å². The van der Waals surface area contributed by atoms with Gasteiger partial charge < -0.3 is 16.0 Å². The maximum absolute atomic E-state index is 5.94. The number of hydrogen-bond donors (Lipinski definition) is 2. The summed E-state index contributed by atoms with van der Waals surface area (Å²) in [6.07, 6.45) is 0. The van der Waals surface area contributed by atoms with Crippen molar-refractivity contribution in [2.75, 3.05) is 5.73 Å². The highest BCUT2D eigenvalue weighted by Crippen LogP contribution is 2.27. The van der Waals surface area contributed by atoms with Crippen LogP contribution in [-0.2, 0) is 6.54 Å². The average molecular weight is 203 g/mol. The molecule has 0 saturated carbocycles. The summed E-state index contributed by atoms with van der Waals surface area (Å²) in [5, 5.41) is 1.10. The number of nitrogens with zero attached hydrogens (tertiary/aromatic N) is 1. The van der Waals surface area contributed by atoms with Gasteiger partial charge in [-0.05, 0) is 32.0 Å². The number of fused-ring (bicyclic) bond motifs is 1. The Morgan fingerprint density at radius 1 is 1.33 bits per heavy atom. The number of benzene rings is 1. The van der Waals surface area contributed by atoms with Gasteiger partial charge in [-0.1, -0.05) is 6.07 Å². The van der Waals surface area contributed by atoms with Crippen molar-refractivity contribution in [1.82, 2.24) is 4.57 Å². The van der Waals surface area contributed by atoms with Crippen LogP contribution < -0.4 is 11.5 Å². The Balaban J connectivity index is 2.80. The molecule has 0 saturated heterocycles. The van der Waals surface area contributed by atoms with Crippen LogP contribution in [0.15, 0.2) is 24.3 Å². The lowest BCUT2D eigenvalue weighted by molar-refractivity contribution is 0.595. The van der Waals surface area contributed by atoms with Gasteiger partial charge >= 0.3 is 0 Å². The number of hydrogen-bond acceptors (Lipinski definition) is 2. The summed E-state index contributed by atoms with van der Waals surface area (Å²) in [7, 11) is 0. The first-order valence-corrected chi connectivity index (χ1v) is 5.23. The van der Waals surface area contributed by atoms with Gasteiger partial charge in [-0.2, -0.15) is 0 Å². The first-order chi connectivity index (χ1) is 7.15. The Hall–Kier alpha value is -1.48. The van der Waals surface area contributed by atoms with Crippen LogP contribution in [-0.4, -0.2) is 4.57 Å². The molecule has 0 radical (unpaired) electrons. The van der Waals surface area contributed by atoms with Crippen LogP contribution in [0.1, 0.15) is 25.6 Å². The van der Waals surface area contributed by atoms with Crippen LogP contribution >= 0.6 is 0 Å². The zero-order valence-electron chi connectivity index (χ0n) is 9.20. The van der Waals surface area contributed by atoms with E-state index in [0.29, 0.717) is 12.6 Å². The standard InChI is InChI=1S/C12H17N3/c1-8(2)15-9(7-13)6-10-11(14)4-3-5-12(10)15/h3-6,8H,7,13-14H2,1-2H3. The van der Waals surface area contributed by atoms with Crippen molar-refractivity contribution in [3.05, 3.63) is 30.0 Å². The number of nitrogens with two attached hydrogens (primary N) is 2. The van der Waals surface area contributed by atoms with Crippen molar-refractivity contribution in [1.29, 1.82) is 0 Å².